The van der Waals surface area contributed by atoms with Gasteiger partial charge in [0.05, 0.1) is 13.1 Å². The number of amides is 2. The molecular formula is C18H27N3O2. The molecule has 2 fully saturated rings. The lowest BCUT2D eigenvalue weighted by atomic mass is 10.1. The van der Waals surface area contributed by atoms with E-state index in [0.29, 0.717) is 19.1 Å². The first-order valence-corrected chi connectivity index (χ1v) is 8.62. The summed E-state index contributed by atoms with van der Waals surface area (Å²) in [7, 11) is 0. The first-order valence-electron chi connectivity index (χ1n) is 8.62. The zero-order chi connectivity index (χ0) is 16.2. The standard InChI is InChI=1S/C18H27N3O2/c1-14-6-5-7-16(10-14)23-17-12-21(13-17)18(22)19-11-15(2)20-8-3-4-9-20/h5-7,10,15,17H,3-4,8-9,11-13H2,1-2H3,(H,19,22)/t15-/m1/s1. The van der Waals surface area contributed by atoms with E-state index in [4.69, 9.17) is 4.74 Å². The maximum Gasteiger partial charge on any atom is 0.317 e. The highest BCUT2D eigenvalue weighted by Gasteiger charge is 2.32. The molecule has 2 amide bonds. The third kappa shape index (κ3) is 4.16. The lowest BCUT2D eigenvalue weighted by Crippen LogP contribution is -2.59. The molecule has 2 aliphatic heterocycles. The molecule has 1 atom stereocenters. The van der Waals surface area contributed by atoms with Crippen molar-refractivity contribution in [1.29, 1.82) is 0 Å². The molecule has 3 rings (SSSR count). The second kappa shape index (κ2) is 7.21. The Morgan fingerprint density at radius 3 is 2.78 bits per heavy atom. The van der Waals surface area contributed by atoms with Gasteiger partial charge < -0.3 is 15.0 Å². The number of aryl methyl sites for hydroxylation is 1. The molecule has 1 N–H and O–H groups in total. The third-order valence-corrected chi connectivity index (χ3v) is 4.74. The number of benzene rings is 1. The van der Waals surface area contributed by atoms with Crippen LogP contribution in [0.5, 0.6) is 5.75 Å². The van der Waals surface area contributed by atoms with E-state index in [1.807, 2.05) is 23.1 Å². The molecule has 0 saturated carbocycles. The van der Waals surface area contributed by atoms with Gasteiger partial charge in [-0.3, -0.25) is 4.90 Å². The summed E-state index contributed by atoms with van der Waals surface area (Å²) < 4.78 is 5.89. The summed E-state index contributed by atoms with van der Waals surface area (Å²) in [5.41, 5.74) is 1.19. The van der Waals surface area contributed by atoms with Crippen molar-refractivity contribution in [1.82, 2.24) is 15.1 Å². The number of hydrogen-bond acceptors (Lipinski definition) is 3. The zero-order valence-corrected chi connectivity index (χ0v) is 14.1. The number of carbonyl (C=O) groups is 1. The van der Waals surface area contributed by atoms with Crippen LogP contribution in [0.15, 0.2) is 24.3 Å². The Labute approximate surface area is 138 Å². The van der Waals surface area contributed by atoms with Gasteiger partial charge in [-0.2, -0.15) is 0 Å². The second-order valence-corrected chi connectivity index (χ2v) is 6.74. The molecule has 0 unspecified atom stereocenters. The average Bonchev–Trinajstić information content (AvgIpc) is 3.02. The van der Waals surface area contributed by atoms with Gasteiger partial charge in [-0.05, 0) is 57.5 Å². The van der Waals surface area contributed by atoms with Crippen molar-refractivity contribution < 1.29 is 9.53 Å². The second-order valence-electron chi connectivity index (χ2n) is 6.74. The average molecular weight is 317 g/mol. The van der Waals surface area contributed by atoms with Crippen LogP contribution in [0.3, 0.4) is 0 Å². The third-order valence-electron chi connectivity index (χ3n) is 4.74. The Morgan fingerprint density at radius 2 is 2.09 bits per heavy atom. The lowest BCUT2D eigenvalue weighted by Gasteiger charge is -2.39. The molecule has 2 heterocycles. The number of rotatable bonds is 5. The van der Waals surface area contributed by atoms with E-state index in [9.17, 15) is 4.79 Å². The summed E-state index contributed by atoms with van der Waals surface area (Å²) in [6, 6.07) is 8.48. The molecule has 0 aromatic heterocycles. The van der Waals surface area contributed by atoms with E-state index in [0.717, 1.165) is 25.4 Å². The first-order chi connectivity index (χ1) is 11.1. The summed E-state index contributed by atoms with van der Waals surface area (Å²) in [6.45, 7) is 8.61. The maximum absolute atomic E-state index is 12.1. The number of likely N-dealkylation sites (tertiary alicyclic amines) is 2. The normalized spacial score (nSPS) is 20.2. The largest absolute Gasteiger partial charge is 0.487 e. The summed E-state index contributed by atoms with van der Waals surface area (Å²) in [4.78, 5) is 16.4. The van der Waals surface area contributed by atoms with Crippen molar-refractivity contribution in [2.24, 2.45) is 0 Å². The van der Waals surface area contributed by atoms with E-state index in [1.165, 1.54) is 18.4 Å². The Hall–Kier alpha value is -1.75. The van der Waals surface area contributed by atoms with Gasteiger partial charge in [0.25, 0.3) is 0 Å². The van der Waals surface area contributed by atoms with Crippen molar-refractivity contribution in [3.8, 4) is 5.75 Å². The van der Waals surface area contributed by atoms with Gasteiger partial charge in [-0.1, -0.05) is 12.1 Å². The molecule has 0 spiro atoms. The molecule has 1 aromatic carbocycles. The van der Waals surface area contributed by atoms with E-state index in [-0.39, 0.29) is 12.1 Å². The number of nitrogens with zero attached hydrogens (tertiary/aromatic N) is 2. The number of ether oxygens (including phenoxy) is 1. The van der Waals surface area contributed by atoms with Crippen LogP contribution in [-0.4, -0.2) is 60.7 Å². The number of carbonyl (C=O) groups excluding carboxylic acids is 1. The number of urea groups is 1. The van der Waals surface area contributed by atoms with Gasteiger partial charge >= 0.3 is 6.03 Å². The van der Waals surface area contributed by atoms with Crippen molar-refractivity contribution in [2.75, 3.05) is 32.7 Å². The molecule has 5 nitrogen and oxygen atoms in total. The summed E-state index contributed by atoms with van der Waals surface area (Å²) in [6.07, 6.45) is 2.67. The van der Waals surface area contributed by atoms with E-state index < -0.39 is 0 Å². The summed E-state index contributed by atoms with van der Waals surface area (Å²) in [5, 5.41) is 3.04. The molecule has 0 bridgehead atoms. The monoisotopic (exact) mass is 317 g/mol. The topological polar surface area (TPSA) is 44.8 Å². The Bertz CT molecular complexity index is 537. The Balaban J connectivity index is 1.36. The van der Waals surface area contributed by atoms with Crippen molar-refractivity contribution in [2.45, 2.75) is 38.8 Å². The van der Waals surface area contributed by atoms with Crippen molar-refractivity contribution >= 4 is 6.03 Å². The molecule has 0 aliphatic carbocycles. The fourth-order valence-corrected chi connectivity index (χ4v) is 3.22. The van der Waals surface area contributed by atoms with Gasteiger partial charge in [0.1, 0.15) is 11.9 Å². The van der Waals surface area contributed by atoms with Crippen LogP contribution in [0.2, 0.25) is 0 Å². The van der Waals surface area contributed by atoms with Gasteiger partial charge in [0.2, 0.25) is 0 Å². The number of nitrogens with one attached hydrogen (secondary N) is 1. The Morgan fingerprint density at radius 1 is 1.35 bits per heavy atom. The molecular weight excluding hydrogens is 290 g/mol. The smallest absolute Gasteiger partial charge is 0.317 e. The van der Waals surface area contributed by atoms with Crippen LogP contribution in [0.25, 0.3) is 0 Å². The van der Waals surface area contributed by atoms with Crippen LogP contribution >= 0.6 is 0 Å². The van der Waals surface area contributed by atoms with Crippen LogP contribution < -0.4 is 10.1 Å². The predicted molar refractivity (Wildman–Crippen MR) is 90.8 cm³/mol. The fourth-order valence-electron chi connectivity index (χ4n) is 3.22. The fraction of sp³-hybridized carbons (Fsp3) is 0.611. The SMILES string of the molecule is Cc1cccc(OC2CN(C(=O)NC[C@@H](C)N3CCCC3)C2)c1. The van der Waals surface area contributed by atoms with E-state index in [1.54, 1.807) is 0 Å². The van der Waals surface area contributed by atoms with Crippen LogP contribution in [-0.2, 0) is 0 Å². The van der Waals surface area contributed by atoms with Gasteiger partial charge in [0.15, 0.2) is 0 Å². The molecule has 1 aromatic rings. The van der Waals surface area contributed by atoms with Crippen molar-refractivity contribution in [3.05, 3.63) is 29.8 Å². The zero-order valence-electron chi connectivity index (χ0n) is 14.1. The number of hydrogen-bond donors (Lipinski definition) is 1. The minimum Gasteiger partial charge on any atom is -0.487 e. The molecule has 23 heavy (non-hydrogen) atoms. The minimum atomic E-state index is 0.0279. The maximum atomic E-state index is 12.1. The minimum absolute atomic E-state index is 0.0279. The molecule has 126 valence electrons. The first kappa shape index (κ1) is 16.1. The highest BCUT2D eigenvalue weighted by molar-refractivity contribution is 5.75. The van der Waals surface area contributed by atoms with E-state index in [2.05, 4.69) is 30.1 Å². The predicted octanol–water partition coefficient (Wildman–Crippen LogP) is 2.25. The summed E-state index contributed by atoms with van der Waals surface area (Å²) >= 11 is 0. The van der Waals surface area contributed by atoms with Gasteiger partial charge in [-0.25, -0.2) is 4.79 Å². The van der Waals surface area contributed by atoms with Gasteiger partial charge in [-0.15, -0.1) is 0 Å². The highest BCUT2D eigenvalue weighted by Crippen LogP contribution is 2.19. The van der Waals surface area contributed by atoms with Crippen LogP contribution in [0.4, 0.5) is 4.79 Å². The quantitative estimate of drug-likeness (QED) is 0.906. The molecule has 2 saturated heterocycles. The lowest BCUT2D eigenvalue weighted by molar-refractivity contribution is 0.0439. The summed E-state index contributed by atoms with van der Waals surface area (Å²) in [5.74, 6) is 0.887. The van der Waals surface area contributed by atoms with E-state index >= 15 is 0 Å². The molecule has 2 aliphatic rings. The van der Waals surface area contributed by atoms with Crippen LogP contribution in [0.1, 0.15) is 25.3 Å². The van der Waals surface area contributed by atoms with Gasteiger partial charge in [0, 0.05) is 12.6 Å². The van der Waals surface area contributed by atoms with Crippen molar-refractivity contribution in [3.63, 3.8) is 0 Å². The highest BCUT2D eigenvalue weighted by atomic mass is 16.5. The molecule has 0 radical (unpaired) electrons. The molecule has 5 heteroatoms. The van der Waals surface area contributed by atoms with Crippen LogP contribution in [0, 0.1) is 6.92 Å². The Kier molecular flexibility index (Phi) is 5.06.